The van der Waals surface area contributed by atoms with Gasteiger partial charge in [-0.1, -0.05) is 29.8 Å². The van der Waals surface area contributed by atoms with Crippen molar-refractivity contribution < 1.29 is 12.8 Å². The molecule has 1 aromatic heterocycles. The van der Waals surface area contributed by atoms with Gasteiger partial charge < -0.3 is 4.57 Å². The first-order chi connectivity index (χ1) is 11.9. The summed E-state index contributed by atoms with van der Waals surface area (Å²) in [5.74, 6) is -0.0186. The van der Waals surface area contributed by atoms with E-state index >= 15 is 0 Å². The molecule has 3 aromatic rings. The molecule has 130 valence electrons. The molecule has 1 heterocycles. The molecule has 0 amide bonds. The van der Waals surface area contributed by atoms with Crippen LogP contribution in [-0.4, -0.2) is 18.0 Å². The Kier molecular flexibility index (Phi) is 4.89. The lowest BCUT2D eigenvalue weighted by Gasteiger charge is -2.19. The molecule has 5 nitrogen and oxygen atoms in total. The van der Waals surface area contributed by atoms with Gasteiger partial charge in [-0.2, -0.15) is 4.72 Å². The Balaban J connectivity index is 2.05. The van der Waals surface area contributed by atoms with Gasteiger partial charge in [0.05, 0.1) is 4.90 Å². The average Bonchev–Trinajstić information content (AvgIpc) is 2.98. The molecule has 8 heteroatoms. The van der Waals surface area contributed by atoms with Crippen LogP contribution in [0.2, 0.25) is 5.02 Å². The van der Waals surface area contributed by atoms with Crippen molar-refractivity contribution in [2.24, 2.45) is 7.05 Å². The minimum absolute atomic E-state index is 0.0237. The minimum Gasteiger partial charge on any atom is -0.336 e. The topological polar surface area (TPSA) is 64.0 Å². The fourth-order valence-corrected chi connectivity index (χ4v) is 3.95. The number of hydrogen-bond donors (Lipinski definition) is 1. The van der Waals surface area contributed by atoms with E-state index in [-0.39, 0.29) is 4.90 Å². The normalized spacial score (nSPS) is 12.9. The second kappa shape index (κ2) is 6.95. The maximum absolute atomic E-state index is 13.7. The number of hydrogen-bond acceptors (Lipinski definition) is 3. The number of aryl methyl sites for hydroxylation is 1. The third-order valence-corrected chi connectivity index (χ3v) is 5.33. The van der Waals surface area contributed by atoms with Crippen molar-refractivity contribution >= 4 is 21.6 Å². The predicted molar refractivity (Wildman–Crippen MR) is 93.2 cm³/mol. The highest BCUT2D eigenvalue weighted by Crippen LogP contribution is 2.24. The summed E-state index contributed by atoms with van der Waals surface area (Å²) >= 11 is 5.89. The molecular formula is C17H15ClFN3O2S. The Labute approximate surface area is 150 Å². The van der Waals surface area contributed by atoms with Gasteiger partial charge in [0.1, 0.15) is 17.7 Å². The molecule has 0 saturated heterocycles. The molecule has 0 saturated carbocycles. The van der Waals surface area contributed by atoms with Crippen molar-refractivity contribution in [3.63, 3.8) is 0 Å². The molecule has 2 aromatic carbocycles. The quantitative estimate of drug-likeness (QED) is 0.739. The zero-order chi connectivity index (χ0) is 18.0. The number of nitrogens with one attached hydrogen (secondary N) is 1. The highest BCUT2D eigenvalue weighted by atomic mass is 35.5. The van der Waals surface area contributed by atoms with E-state index in [0.29, 0.717) is 16.4 Å². The summed E-state index contributed by atoms with van der Waals surface area (Å²) < 4.78 is 43.4. The second-order valence-electron chi connectivity index (χ2n) is 5.46. The average molecular weight is 380 g/mol. The minimum atomic E-state index is -3.90. The molecule has 1 unspecified atom stereocenters. The Bertz CT molecular complexity index is 1000. The summed E-state index contributed by atoms with van der Waals surface area (Å²) in [4.78, 5) is 4.23. The van der Waals surface area contributed by atoms with Gasteiger partial charge in [0, 0.05) is 24.5 Å². The van der Waals surface area contributed by atoms with E-state index in [4.69, 9.17) is 11.6 Å². The molecule has 0 aliphatic rings. The summed E-state index contributed by atoms with van der Waals surface area (Å²) in [7, 11) is -2.16. The van der Waals surface area contributed by atoms with Gasteiger partial charge in [0.25, 0.3) is 0 Å². The number of nitrogens with zero attached hydrogens (tertiary/aromatic N) is 2. The van der Waals surface area contributed by atoms with Crippen LogP contribution >= 0.6 is 11.6 Å². The standard InChI is InChI=1S/C17H15ClFN3O2S/c1-22-9-8-20-17(22)16(12-4-2-6-14(19)10-12)21-25(23,24)15-7-3-5-13(18)11-15/h2-11,16,21H,1H3. The van der Waals surface area contributed by atoms with E-state index in [1.54, 1.807) is 42.2 Å². The highest BCUT2D eigenvalue weighted by Gasteiger charge is 2.26. The molecule has 0 aliphatic carbocycles. The van der Waals surface area contributed by atoms with Crippen LogP contribution in [0.4, 0.5) is 4.39 Å². The van der Waals surface area contributed by atoms with Gasteiger partial charge in [-0.05, 0) is 35.9 Å². The Hall–Kier alpha value is -2.22. The zero-order valence-electron chi connectivity index (χ0n) is 13.2. The van der Waals surface area contributed by atoms with E-state index in [1.165, 1.54) is 30.3 Å². The largest absolute Gasteiger partial charge is 0.336 e. The third-order valence-electron chi connectivity index (χ3n) is 3.68. The smallest absolute Gasteiger partial charge is 0.241 e. The maximum atomic E-state index is 13.7. The van der Waals surface area contributed by atoms with Crippen LogP contribution in [0.15, 0.2) is 65.8 Å². The highest BCUT2D eigenvalue weighted by molar-refractivity contribution is 7.89. The monoisotopic (exact) mass is 379 g/mol. The van der Waals surface area contributed by atoms with Crippen LogP contribution < -0.4 is 4.72 Å². The molecular weight excluding hydrogens is 365 g/mol. The molecule has 0 aliphatic heterocycles. The van der Waals surface area contributed by atoms with Crippen LogP contribution in [0.1, 0.15) is 17.4 Å². The zero-order valence-corrected chi connectivity index (χ0v) is 14.8. The van der Waals surface area contributed by atoms with Gasteiger partial charge >= 0.3 is 0 Å². The number of imidazole rings is 1. The van der Waals surface area contributed by atoms with Crippen molar-refractivity contribution in [1.29, 1.82) is 0 Å². The van der Waals surface area contributed by atoms with Crippen molar-refractivity contribution in [3.8, 4) is 0 Å². The fraction of sp³-hybridized carbons (Fsp3) is 0.118. The Morgan fingerprint density at radius 1 is 1.20 bits per heavy atom. The van der Waals surface area contributed by atoms with E-state index in [0.717, 1.165) is 0 Å². The lowest BCUT2D eigenvalue weighted by molar-refractivity contribution is 0.560. The molecule has 3 rings (SSSR count). The number of benzene rings is 2. The number of sulfonamides is 1. The summed E-state index contributed by atoms with van der Waals surface area (Å²) in [6.07, 6.45) is 3.24. The van der Waals surface area contributed by atoms with Gasteiger partial charge in [-0.3, -0.25) is 0 Å². The van der Waals surface area contributed by atoms with Crippen molar-refractivity contribution in [2.75, 3.05) is 0 Å². The van der Waals surface area contributed by atoms with Crippen LogP contribution in [0.25, 0.3) is 0 Å². The lowest BCUT2D eigenvalue weighted by atomic mass is 10.1. The molecule has 0 bridgehead atoms. The maximum Gasteiger partial charge on any atom is 0.241 e. The van der Waals surface area contributed by atoms with Crippen LogP contribution in [0.3, 0.4) is 0 Å². The molecule has 1 N–H and O–H groups in total. The second-order valence-corrected chi connectivity index (χ2v) is 7.61. The molecule has 0 fully saturated rings. The van der Waals surface area contributed by atoms with Crippen LogP contribution in [-0.2, 0) is 17.1 Å². The van der Waals surface area contributed by atoms with E-state index in [2.05, 4.69) is 9.71 Å². The first-order valence-corrected chi connectivity index (χ1v) is 9.23. The number of rotatable bonds is 5. The first kappa shape index (κ1) is 17.6. The molecule has 0 spiro atoms. The van der Waals surface area contributed by atoms with E-state index in [1.807, 2.05) is 0 Å². The van der Waals surface area contributed by atoms with E-state index in [9.17, 15) is 12.8 Å². The third kappa shape index (κ3) is 3.89. The summed E-state index contributed by atoms with van der Waals surface area (Å²) in [5, 5.41) is 0.308. The lowest BCUT2D eigenvalue weighted by Crippen LogP contribution is -2.31. The molecule has 25 heavy (non-hydrogen) atoms. The molecule has 0 radical (unpaired) electrons. The number of aromatic nitrogens is 2. The van der Waals surface area contributed by atoms with Gasteiger partial charge in [-0.15, -0.1) is 0 Å². The SMILES string of the molecule is Cn1ccnc1C(NS(=O)(=O)c1cccc(Cl)c1)c1cccc(F)c1. The van der Waals surface area contributed by atoms with Crippen molar-refractivity contribution in [2.45, 2.75) is 10.9 Å². The predicted octanol–water partition coefficient (Wildman–Crippen LogP) is 3.28. The van der Waals surface area contributed by atoms with Gasteiger partial charge in [-0.25, -0.2) is 17.8 Å². The first-order valence-electron chi connectivity index (χ1n) is 7.37. The fourth-order valence-electron chi connectivity index (χ4n) is 2.47. The Morgan fingerprint density at radius 3 is 2.60 bits per heavy atom. The van der Waals surface area contributed by atoms with Crippen LogP contribution in [0, 0.1) is 5.82 Å². The number of halogens is 2. The van der Waals surface area contributed by atoms with E-state index < -0.39 is 21.9 Å². The van der Waals surface area contributed by atoms with Gasteiger partial charge in [0.2, 0.25) is 10.0 Å². The summed E-state index contributed by atoms with van der Waals surface area (Å²) in [6.45, 7) is 0. The van der Waals surface area contributed by atoms with Crippen molar-refractivity contribution in [3.05, 3.63) is 83.2 Å². The molecule has 1 atom stereocenters. The van der Waals surface area contributed by atoms with Crippen molar-refractivity contribution in [1.82, 2.24) is 14.3 Å². The van der Waals surface area contributed by atoms with Gasteiger partial charge in [0.15, 0.2) is 0 Å². The Morgan fingerprint density at radius 2 is 1.96 bits per heavy atom. The van der Waals surface area contributed by atoms with Crippen LogP contribution in [0.5, 0.6) is 0 Å². The summed E-state index contributed by atoms with van der Waals surface area (Å²) in [6, 6.07) is 10.8. The summed E-state index contributed by atoms with van der Waals surface area (Å²) in [5.41, 5.74) is 0.444.